The van der Waals surface area contributed by atoms with E-state index in [1.165, 1.54) is 12.0 Å². The standard InChI is InChI=1S/C17H26N4O/c22-17(14-7-11-18-12-8-14)20-10-2-4-15-6-5-13-3-1-9-19-16(13)21-15/h5-6,14,18H,1-4,7-12H2,(H,19,21)(H,20,22). The van der Waals surface area contributed by atoms with Crippen molar-refractivity contribution in [2.45, 2.75) is 38.5 Å². The lowest BCUT2D eigenvalue weighted by molar-refractivity contribution is -0.125. The van der Waals surface area contributed by atoms with Gasteiger partial charge in [0, 0.05) is 24.7 Å². The fraction of sp³-hybridized carbons (Fsp3) is 0.647. The summed E-state index contributed by atoms with van der Waals surface area (Å²) in [5.41, 5.74) is 2.44. The molecule has 3 rings (SSSR count). The SMILES string of the molecule is O=C(NCCCc1ccc2c(n1)NCCC2)C1CCNCC1. The molecule has 2 aliphatic rings. The van der Waals surface area contributed by atoms with Crippen LogP contribution in [0.5, 0.6) is 0 Å². The van der Waals surface area contributed by atoms with Crippen LogP contribution < -0.4 is 16.0 Å². The van der Waals surface area contributed by atoms with Crippen molar-refractivity contribution in [2.24, 2.45) is 5.92 Å². The number of hydrogen-bond acceptors (Lipinski definition) is 4. The number of carbonyl (C=O) groups is 1. The zero-order valence-corrected chi connectivity index (χ0v) is 13.2. The monoisotopic (exact) mass is 302 g/mol. The molecule has 1 amide bonds. The lowest BCUT2D eigenvalue weighted by Gasteiger charge is -2.21. The van der Waals surface area contributed by atoms with Gasteiger partial charge in [0.05, 0.1) is 0 Å². The van der Waals surface area contributed by atoms with Crippen molar-refractivity contribution in [3.05, 3.63) is 23.4 Å². The number of fused-ring (bicyclic) bond motifs is 1. The maximum atomic E-state index is 12.0. The molecule has 0 spiro atoms. The summed E-state index contributed by atoms with van der Waals surface area (Å²) in [7, 11) is 0. The number of aromatic nitrogens is 1. The van der Waals surface area contributed by atoms with Crippen molar-refractivity contribution in [1.29, 1.82) is 0 Å². The lowest BCUT2D eigenvalue weighted by atomic mass is 9.97. The number of nitrogens with zero attached hydrogens (tertiary/aromatic N) is 1. The second-order valence-corrected chi connectivity index (χ2v) is 6.26. The minimum Gasteiger partial charge on any atom is -0.370 e. The van der Waals surface area contributed by atoms with E-state index in [1.807, 2.05) is 0 Å². The molecule has 120 valence electrons. The molecule has 0 unspecified atom stereocenters. The second-order valence-electron chi connectivity index (χ2n) is 6.26. The highest BCUT2D eigenvalue weighted by molar-refractivity contribution is 5.78. The van der Waals surface area contributed by atoms with Crippen LogP contribution >= 0.6 is 0 Å². The van der Waals surface area contributed by atoms with Crippen LogP contribution in [0.15, 0.2) is 12.1 Å². The molecule has 2 aliphatic heterocycles. The Morgan fingerprint density at radius 1 is 1.27 bits per heavy atom. The maximum absolute atomic E-state index is 12.0. The minimum atomic E-state index is 0.201. The molecular weight excluding hydrogens is 276 g/mol. The Balaban J connectivity index is 1.40. The third-order valence-corrected chi connectivity index (χ3v) is 4.57. The summed E-state index contributed by atoms with van der Waals surface area (Å²) < 4.78 is 0. The van der Waals surface area contributed by atoms with Gasteiger partial charge in [-0.1, -0.05) is 6.07 Å². The van der Waals surface area contributed by atoms with Crippen LogP contribution in [-0.2, 0) is 17.6 Å². The van der Waals surface area contributed by atoms with Crippen molar-refractivity contribution in [3.8, 4) is 0 Å². The van der Waals surface area contributed by atoms with E-state index < -0.39 is 0 Å². The van der Waals surface area contributed by atoms with Crippen LogP contribution in [0.2, 0.25) is 0 Å². The fourth-order valence-corrected chi connectivity index (χ4v) is 3.22. The highest BCUT2D eigenvalue weighted by Gasteiger charge is 2.20. The molecule has 5 nitrogen and oxygen atoms in total. The third kappa shape index (κ3) is 3.97. The first kappa shape index (κ1) is 15.3. The quantitative estimate of drug-likeness (QED) is 0.721. The Morgan fingerprint density at radius 2 is 2.14 bits per heavy atom. The molecule has 3 heterocycles. The summed E-state index contributed by atoms with van der Waals surface area (Å²) in [4.78, 5) is 16.7. The first-order valence-electron chi connectivity index (χ1n) is 8.54. The van der Waals surface area contributed by atoms with Crippen LogP contribution in [0.1, 0.15) is 36.9 Å². The lowest BCUT2D eigenvalue weighted by Crippen LogP contribution is -2.38. The highest BCUT2D eigenvalue weighted by Crippen LogP contribution is 2.20. The Kier molecular flexibility index (Phi) is 5.27. The predicted molar refractivity (Wildman–Crippen MR) is 88.0 cm³/mol. The molecule has 5 heteroatoms. The first-order valence-corrected chi connectivity index (χ1v) is 8.54. The number of anilines is 1. The van der Waals surface area contributed by atoms with E-state index in [9.17, 15) is 4.79 Å². The van der Waals surface area contributed by atoms with E-state index in [0.717, 1.165) is 69.8 Å². The van der Waals surface area contributed by atoms with Gasteiger partial charge in [0.1, 0.15) is 5.82 Å². The molecule has 1 aromatic heterocycles. The van der Waals surface area contributed by atoms with Crippen LogP contribution in [0.3, 0.4) is 0 Å². The van der Waals surface area contributed by atoms with E-state index in [2.05, 4.69) is 33.1 Å². The van der Waals surface area contributed by atoms with Crippen molar-refractivity contribution < 1.29 is 4.79 Å². The van der Waals surface area contributed by atoms with Gasteiger partial charge in [-0.05, 0) is 63.2 Å². The molecular formula is C17H26N4O. The average molecular weight is 302 g/mol. The molecule has 1 saturated heterocycles. The Hall–Kier alpha value is -1.62. The molecule has 0 radical (unpaired) electrons. The molecule has 1 fully saturated rings. The van der Waals surface area contributed by atoms with Crippen molar-refractivity contribution in [2.75, 3.05) is 31.5 Å². The molecule has 0 saturated carbocycles. The molecule has 0 aliphatic carbocycles. The second kappa shape index (κ2) is 7.58. The summed E-state index contributed by atoms with van der Waals surface area (Å²) in [5, 5.41) is 9.73. The number of pyridine rings is 1. The van der Waals surface area contributed by atoms with Crippen molar-refractivity contribution in [1.82, 2.24) is 15.6 Å². The topological polar surface area (TPSA) is 66.0 Å². The van der Waals surface area contributed by atoms with E-state index >= 15 is 0 Å². The molecule has 0 atom stereocenters. The Bertz CT molecular complexity index is 511. The minimum absolute atomic E-state index is 0.201. The zero-order valence-electron chi connectivity index (χ0n) is 13.2. The molecule has 0 aromatic carbocycles. The van der Waals surface area contributed by atoms with Crippen molar-refractivity contribution >= 4 is 11.7 Å². The zero-order chi connectivity index (χ0) is 15.2. The van der Waals surface area contributed by atoms with E-state index in [-0.39, 0.29) is 11.8 Å². The summed E-state index contributed by atoms with van der Waals surface area (Å²) >= 11 is 0. The normalized spacial score (nSPS) is 18.4. The number of rotatable bonds is 5. The van der Waals surface area contributed by atoms with Gasteiger partial charge in [0.2, 0.25) is 5.91 Å². The fourth-order valence-electron chi connectivity index (χ4n) is 3.22. The van der Waals surface area contributed by atoms with Gasteiger partial charge in [0.25, 0.3) is 0 Å². The molecule has 22 heavy (non-hydrogen) atoms. The summed E-state index contributed by atoms with van der Waals surface area (Å²) in [6, 6.07) is 4.32. The van der Waals surface area contributed by atoms with E-state index in [4.69, 9.17) is 0 Å². The van der Waals surface area contributed by atoms with E-state index in [0.29, 0.717) is 0 Å². The number of nitrogens with one attached hydrogen (secondary N) is 3. The van der Waals surface area contributed by atoms with Crippen LogP contribution in [0.25, 0.3) is 0 Å². The number of carbonyl (C=O) groups excluding carboxylic acids is 1. The number of hydrogen-bond donors (Lipinski definition) is 3. The van der Waals surface area contributed by atoms with Crippen LogP contribution in [-0.4, -0.2) is 37.1 Å². The van der Waals surface area contributed by atoms with Crippen LogP contribution in [0.4, 0.5) is 5.82 Å². The van der Waals surface area contributed by atoms with Crippen LogP contribution in [0, 0.1) is 5.92 Å². The van der Waals surface area contributed by atoms with E-state index in [1.54, 1.807) is 0 Å². The van der Waals surface area contributed by atoms with Gasteiger partial charge in [-0.25, -0.2) is 4.98 Å². The van der Waals surface area contributed by atoms with Gasteiger partial charge in [-0.3, -0.25) is 4.79 Å². The molecule has 1 aromatic rings. The highest BCUT2D eigenvalue weighted by atomic mass is 16.1. The largest absolute Gasteiger partial charge is 0.370 e. The number of piperidine rings is 1. The van der Waals surface area contributed by atoms with Gasteiger partial charge in [-0.15, -0.1) is 0 Å². The Morgan fingerprint density at radius 3 is 3.00 bits per heavy atom. The Labute approximate surface area is 132 Å². The predicted octanol–water partition coefficient (Wildman–Crippen LogP) is 1.49. The third-order valence-electron chi connectivity index (χ3n) is 4.57. The van der Waals surface area contributed by atoms with Gasteiger partial charge < -0.3 is 16.0 Å². The van der Waals surface area contributed by atoms with Gasteiger partial charge >= 0.3 is 0 Å². The maximum Gasteiger partial charge on any atom is 0.223 e. The summed E-state index contributed by atoms with van der Waals surface area (Å²) in [5.74, 6) is 1.48. The smallest absolute Gasteiger partial charge is 0.223 e. The van der Waals surface area contributed by atoms with Gasteiger partial charge in [-0.2, -0.15) is 0 Å². The molecule has 0 bridgehead atoms. The average Bonchev–Trinajstić information content (AvgIpc) is 2.59. The number of aryl methyl sites for hydroxylation is 2. The van der Waals surface area contributed by atoms with Crippen molar-refractivity contribution in [3.63, 3.8) is 0 Å². The first-order chi connectivity index (χ1) is 10.8. The summed E-state index contributed by atoms with van der Waals surface area (Å²) in [6.07, 6.45) is 6.11. The molecule has 3 N–H and O–H groups in total. The van der Waals surface area contributed by atoms with Gasteiger partial charge in [0.15, 0.2) is 0 Å². The summed E-state index contributed by atoms with van der Waals surface area (Å²) in [6.45, 7) is 3.69. The number of amides is 1.